The molecule has 0 aliphatic carbocycles. The van der Waals surface area contributed by atoms with Crippen molar-refractivity contribution < 1.29 is 22.7 Å². The molecule has 27 heavy (non-hydrogen) atoms. The number of morpholine rings is 1. The molecule has 1 fully saturated rings. The highest BCUT2D eigenvalue weighted by Gasteiger charge is 2.32. The summed E-state index contributed by atoms with van der Waals surface area (Å²) in [7, 11) is 0. The number of anilines is 2. The minimum absolute atomic E-state index is 0.141. The molecule has 1 N–H and O–H groups in total. The number of ether oxygens (including phenoxy) is 1. The van der Waals surface area contributed by atoms with E-state index in [4.69, 9.17) is 4.74 Å². The molecule has 0 saturated carbocycles. The lowest BCUT2D eigenvalue weighted by Gasteiger charge is -2.31. The highest BCUT2D eigenvalue weighted by Crippen LogP contribution is 2.36. The maximum absolute atomic E-state index is 13.2. The van der Waals surface area contributed by atoms with E-state index in [2.05, 4.69) is 10.3 Å². The zero-order valence-electron chi connectivity index (χ0n) is 15.0. The van der Waals surface area contributed by atoms with Gasteiger partial charge < -0.3 is 15.0 Å². The Morgan fingerprint density at radius 3 is 2.63 bits per heavy atom. The van der Waals surface area contributed by atoms with E-state index >= 15 is 0 Å². The molecule has 2 heterocycles. The smallest absolute Gasteiger partial charge is 0.378 e. The summed E-state index contributed by atoms with van der Waals surface area (Å²) < 4.78 is 44.8. The molecule has 3 rings (SSSR count). The number of alkyl halides is 3. The molecule has 5 nitrogen and oxygen atoms in total. The predicted octanol–water partition coefficient (Wildman–Crippen LogP) is 4.12. The molecule has 0 radical (unpaired) electrons. The first-order valence-electron chi connectivity index (χ1n) is 8.61. The van der Waals surface area contributed by atoms with Crippen LogP contribution in [0.5, 0.6) is 0 Å². The highest BCUT2D eigenvalue weighted by molar-refractivity contribution is 7.13. The number of hydrogen-bond donors (Lipinski definition) is 1. The largest absolute Gasteiger partial charge is 0.416 e. The van der Waals surface area contributed by atoms with Gasteiger partial charge in [-0.3, -0.25) is 4.79 Å². The molecule has 1 aromatic carbocycles. The average molecular weight is 399 g/mol. The SMILES string of the molecule is CCc1nc(C)c(C(=O)Nc2cc(C(F)(F)F)ccc2N2CCOCC2)s1. The summed E-state index contributed by atoms with van der Waals surface area (Å²) in [5.74, 6) is -0.446. The van der Waals surface area contributed by atoms with Gasteiger partial charge in [0.1, 0.15) is 4.88 Å². The summed E-state index contributed by atoms with van der Waals surface area (Å²) in [5, 5.41) is 3.48. The van der Waals surface area contributed by atoms with Crippen LogP contribution in [-0.4, -0.2) is 37.2 Å². The summed E-state index contributed by atoms with van der Waals surface area (Å²) in [6.45, 7) is 5.73. The van der Waals surface area contributed by atoms with Gasteiger partial charge in [0.2, 0.25) is 0 Å². The molecule has 1 aliphatic heterocycles. The summed E-state index contributed by atoms with van der Waals surface area (Å²) >= 11 is 1.26. The van der Waals surface area contributed by atoms with E-state index in [1.807, 2.05) is 11.8 Å². The minimum Gasteiger partial charge on any atom is -0.378 e. The number of aryl methyl sites for hydroxylation is 2. The van der Waals surface area contributed by atoms with Crippen molar-refractivity contribution in [3.63, 3.8) is 0 Å². The fraction of sp³-hybridized carbons (Fsp3) is 0.444. The Labute approximate surface area is 159 Å². The van der Waals surface area contributed by atoms with E-state index < -0.39 is 17.6 Å². The summed E-state index contributed by atoms with van der Waals surface area (Å²) in [4.78, 5) is 19.3. The Balaban J connectivity index is 1.95. The van der Waals surface area contributed by atoms with Gasteiger partial charge in [0.15, 0.2) is 0 Å². The maximum atomic E-state index is 13.2. The molecule has 0 atom stereocenters. The van der Waals surface area contributed by atoms with Crippen LogP contribution in [0.2, 0.25) is 0 Å². The first-order valence-corrected chi connectivity index (χ1v) is 9.43. The zero-order chi connectivity index (χ0) is 19.6. The third-order valence-corrected chi connectivity index (χ3v) is 5.57. The van der Waals surface area contributed by atoms with Crippen molar-refractivity contribution >= 4 is 28.6 Å². The Bertz CT molecular complexity index is 830. The number of halogens is 3. The van der Waals surface area contributed by atoms with Crippen LogP contribution in [0.3, 0.4) is 0 Å². The summed E-state index contributed by atoms with van der Waals surface area (Å²) in [5.41, 5.74) is 0.472. The number of carbonyl (C=O) groups excluding carboxylic acids is 1. The number of rotatable bonds is 4. The van der Waals surface area contributed by atoms with Crippen LogP contribution >= 0.6 is 11.3 Å². The van der Waals surface area contributed by atoms with Gasteiger partial charge in [0, 0.05) is 13.1 Å². The Kier molecular flexibility index (Phi) is 5.71. The Morgan fingerprint density at radius 2 is 2.04 bits per heavy atom. The van der Waals surface area contributed by atoms with E-state index in [0.717, 1.165) is 17.1 Å². The quantitative estimate of drug-likeness (QED) is 0.840. The molecule has 0 bridgehead atoms. The molecule has 1 aliphatic rings. The van der Waals surface area contributed by atoms with Gasteiger partial charge in [0.05, 0.1) is 40.9 Å². The third-order valence-electron chi connectivity index (χ3n) is 4.27. The van der Waals surface area contributed by atoms with E-state index in [-0.39, 0.29) is 5.69 Å². The van der Waals surface area contributed by atoms with Crippen LogP contribution in [-0.2, 0) is 17.3 Å². The minimum atomic E-state index is -4.49. The molecular weight excluding hydrogens is 379 g/mol. The maximum Gasteiger partial charge on any atom is 0.416 e. The molecule has 1 amide bonds. The standard InChI is InChI=1S/C18H20F3N3O2S/c1-3-15-22-11(2)16(27-15)17(25)23-13-10-12(18(19,20)21)4-5-14(13)24-6-8-26-9-7-24/h4-5,10H,3,6-9H2,1-2H3,(H,23,25). The van der Waals surface area contributed by atoms with Crippen molar-refractivity contribution in [2.24, 2.45) is 0 Å². The predicted molar refractivity (Wildman–Crippen MR) is 98.7 cm³/mol. The summed E-state index contributed by atoms with van der Waals surface area (Å²) in [6.07, 6.45) is -3.79. The topological polar surface area (TPSA) is 54.5 Å². The number of amides is 1. The van der Waals surface area contributed by atoms with Crippen molar-refractivity contribution in [3.05, 3.63) is 39.3 Å². The molecule has 146 valence electrons. The lowest BCUT2D eigenvalue weighted by atomic mass is 10.1. The van der Waals surface area contributed by atoms with Gasteiger partial charge in [0.25, 0.3) is 5.91 Å². The molecule has 1 aromatic heterocycles. The van der Waals surface area contributed by atoms with Gasteiger partial charge in [-0.2, -0.15) is 13.2 Å². The molecule has 1 saturated heterocycles. The lowest BCUT2D eigenvalue weighted by Crippen LogP contribution is -2.36. The van der Waals surface area contributed by atoms with Crippen molar-refractivity contribution in [2.45, 2.75) is 26.4 Å². The number of thiazole rings is 1. The van der Waals surface area contributed by atoms with Gasteiger partial charge in [-0.1, -0.05) is 6.92 Å². The monoisotopic (exact) mass is 399 g/mol. The third kappa shape index (κ3) is 4.41. The molecule has 0 spiro atoms. The second kappa shape index (κ2) is 7.85. The number of aromatic nitrogens is 1. The van der Waals surface area contributed by atoms with Crippen molar-refractivity contribution in [1.82, 2.24) is 4.98 Å². The van der Waals surface area contributed by atoms with Crippen LogP contribution < -0.4 is 10.2 Å². The van der Waals surface area contributed by atoms with Crippen molar-refractivity contribution in [3.8, 4) is 0 Å². The Morgan fingerprint density at radius 1 is 1.33 bits per heavy atom. The number of benzene rings is 1. The molecular formula is C18H20F3N3O2S. The van der Waals surface area contributed by atoms with E-state index in [0.29, 0.717) is 49.0 Å². The van der Waals surface area contributed by atoms with Crippen LogP contribution in [0.4, 0.5) is 24.5 Å². The van der Waals surface area contributed by atoms with E-state index in [9.17, 15) is 18.0 Å². The first kappa shape index (κ1) is 19.6. The number of nitrogens with one attached hydrogen (secondary N) is 1. The van der Waals surface area contributed by atoms with Crippen LogP contribution in [0.25, 0.3) is 0 Å². The van der Waals surface area contributed by atoms with Crippen LogP contribution in [0.1, 0.15) is 32.9 Å². The fourth-order valence-corrected chi connectivity index (χ4v) is 3.79. The fourth-order valence-electron chi connectivity index (χ4n) is 2.89. The molecule has 9 heteroatoms. The van der Waals surface area contributed by atoms with E-state index in [1.165, 1.54) is 17.4 Å². The van der Waals surface area contributed by atoms with Crippen LogP contribution in [0.15, 0.2) is 18.2 Å². The number of hydrogen-bond acceptors (Lipinski definition) is 5. The summed E-state index contributed by atoms with van der Waals surface area (Å²) in [6, 6.07) is 3.42. The Hall–Kier alpha value is -2.13. The highest BCUT2D eigenvalue weighted by atomic mass is 32.1. The first-order chi connectivity index (χ1) is 12.8. The van der Waals surface area contributed by atoms with Crippen molar-refractivity contribution in [1.29, 1.82) is 0 Å². The van der Waals surface area contributed by atoms with Gasteiger partial charge >= 0.3 is 6.18 Å². The normalized spacial score (nSPS) is 15.1. The van der Waals surface area contributed by atoms with Crippen LogP contribution in [0, 0.1) is 6.92 Å². The molecule has 0 unspecified atom stereocenters. The second-order valence-electron chi connectivity index (χ2n) is 6.16. The van der Waals surface area contributed by atoms with E-state index in [1.54, 1.807) is 6.92 Å². The van der Waals surface area contributed by atoms with Gasteiger partial charge in [-0.15, -0.1) is 11.3 Å². The zero-order valence-corrected chi connectivity index (χ0v) is 15.8. The second-order valence-corrected chi connectivity index (χ2v) is 7.24. The van der Waals surface area contributed by atoms with Gasteiger partial charge in [-0.05, 0) is 31.5 Å². The number of nitrogens with zero attached hydrogens (tertiary/aromatic N) is 2. The number of carbonyl (C=O) groups is 1. The average Bonchev–Trinajstić information content (AvgIpc) is 3.02. The van der Waals surface area contributed by atoms with Crippen molar-refractivity contribution in [2.75, 3.05) is 36.5 Å². The molecule has 2 aromatic rings. The van der Waals surface area contributed by atoms with Gasteiger partial charge in [-0.25, -0.2) is 4.98 Å². The lowest BCUT2D eigenvalue weighted by molar-refractivity contribution is -0.137.